The number of aromatic nitrogens is 4. The second-order valence-electron chi connectivity index (χ2n) is 0.849. The van der Waals surface area contributed by atoms with Crippen molar-refractivity contribution in [1.82, 2.24) is 20.2 Å². The lowest BCUT2D eigenvalue weighted by atomic mass is 11.2. The zero-order valence-electron chi connectivity index (χ0n) is 3.07. The van der Waals surface area contributed by atoms with Crippen LogP contribution in [0.5, 0.6) is 0 Å². The Bertz CT molecular complexity index is 109. The number of nitrogens with zero attached hydrogens (tertiary/aromatic N) is 4. The van der Waals surface area contributed by atoms with Gasteiger partial charge in [0.1, 0.15) is 6.33 Å². The van der Waals surface area contributed by atoms with E-state index in [9.17, 15) is 0 Å². The third-order valence-corrected chi connectivity index (χ3v) is 0.391. The molecule has 0 atom stereocenters. The Kier molecular flexibility index (Phi) is 0.567. The first-order valence-corrected chi connectivity index (χ1v) is 1.43. The summed E-state index contributed by atoms with van der Waals surface area (Å²) in [6.45, 7) is 0. The maximum atomic E-state index is 3.36. The molecule has 6 heavy (non-hydrogen) atoms. The van der Waals surface area contributed by atoms with Crippen LogP contribution in [0.4, 0.5) is 0 Å². The van der Waals surface area contributed by atoms with E-state index in [0.717, 1.165) is 0 Å². The summed E-state index contributed by atoms with van der Waals surface area (Å²) in [5.41, 5.74) is 0. The Labute approximate surface area is 34.8 Å². The van der Waals surface area contributed by atoms with Gasteiger partial charge in [-0.3, -0.25) is 0 Å². The van der Waals surface area contributed by atoms with Crippen LogP contribution in [-0.4, -0.2) is 20.2 Å². The van der Waals surface area contributed by atoms with Crippen LogP contribution in [0.3, 0.4) is 0 Å². The topological polar surface area (TPSA) is 43.6 Å². The Morgan fingerprint density at radius 2 is 2.50 bits per heavy atom. The van der Waals surface area contributed by atoms with Crippen LogP contribution in [0.1, 0.15) is 0 Å². The van der Waals surface area contributed by atoms with Crippen molar-refractivity contribution in [2.24, 2.45) is 0 Å². The van der Waals surface area contributed by atoms with Gasteiger partial charge in [-0.2, -0.15) is 0 Å². The molecule has 0 aliphatic heterocycles. The zero-order chi connectivity index (χ0) is 4.41. The van der Waals surface area contributed by atoms with E-state index < -0.39 is 0 Å². The van der Waals surface area contributed by atoms with Crippen LogP contribution in [0.2, 0.25) is 0 Å². The van der Waals surface area contributed by atoms with E-state index in [1.54, 1.807) is 0 Å². The maximum Gasteiger partial charge on any atom is 0.138 e. The highest BCUT2D eigenvalue weighted by atomic mass is 15.5. The van der Waals surface area contributed by atoms with Crippen molar-refractivity contribution in [2.45, 2.75) is 0 Å². The number of hydrogen-bond donors (Lipinski definition) is 0. The maximum absolute atomic E-state index is 3.36. The summed E-state index contributed by atoms with van der Waals surface area (Å²) in [5.74, 6) is 0. The molecular formula is C2H3N4. The fraction of sp³-hybridized carbons (Fsp3) is 0. The van der Waals surface area contributed by atoms with E-state index >= 15 is 0 Å². The predicted octanol–water partition coefficient (Wildman–Crippen LogP) is -0.687. The highest BCUT2D eigenvalue weighted by Crippen LogP contribution is 1.61. The van der Waals surface area contributed by atoms with E-state index in [-0.39, 0.29) is 0 Å². The lowest BCUT2D eigenvalue weighted by molar-refractivity contribution is 0.785. The van der Waals surface area contributed by atoms with Gasteiger partial charge in [0.2, 0.25) is 0 Å². The zero-order valence-corrected chi connectivity index (χ0v) is 3.07. The Morgan fingerprint density at radius 1 is 1.67 bits per heavy atom. The largest absolute Gasteiger partial charge is 0.231 e. The van der Waals surface area contributed by atoms with Crippen LogP contribution >= 0.6 is 0 Å². The molecule has 4 heteroatoms. The van der Waals surface area contributed by atoms with Gasteiger partial charge in [-0.25, -0.2) is 4.68 Å². The first-order chi connectivity index (χ1) is 2.89. The van der Waals surface area contributed by atoms with Crippen LogP contribution < -0.4 is 0 Å². The lowest BCUT2D eigenvalue weighted by Crippen LogP contribution is -1.82. The monoisotopic (exact) mass is 83.0 g/mol. The molecule has 4 nitrogen and oxygen atoms in total. The molecule has 0 spiro atoms. The molecule has 0 saturated heterocycles. The lowest BCUT2D eigenvalue weighted by Gasteiger charge is -1.70. The summed E-state index contributed by atoms with van der Waals surface area (Å²) in [7, 11) is 3.36. The van der Waals surface area contributed by atoms with E-state index in [0.29, 0.717) is 0 Å². The minimum atomic E-state index is 1.28. The van der Waals surface area contributed by atoms with Crippen molar-refractivity contribution in [2.75, 3.05) is 0 Å². The molecule has 0 amide bonds. The highest BCUT2D eigenvalue weighted by molar-refractivity contribution is 4.44. The third kappa shape index (κ3) is 0.357. The van der Waals surface area contributed by atoms with E-state index in [2.05, 4.69) is 22.6 Å². The molecule has 1 rings (SSSR count). The number of hydrogen-bond acceptors (Lipinski definition) is 3. The molecular weight excluding hydrogens is 80.0 g/mol. The summed E-state index contributed by atoms with van der Waals surface area (Å²) in [6.07, 6.45) is 1.42. The fourth-order valence-corrected chi connectivity index (χ4v) is 0.180. The normalized spacial score (nSPS) is 8.83. The van der Waals surface area contributed by atoms with Gasteiger partial charge in [-0.1, -0.05) is 0 Å². The third-order valence-electron chi connectivity index (χ3n) is 0.391. The van der Waals surface area contributed by atoms with Crippen molar-refractivity contribution in [1.29, 1.82) is 0 Å². The standard InChI is InChI=1S/C2H3N4/c1-6-2-3-4-5-6/h2H,1H2. The predicted molar refractivity (Wildman–Crippen MR) is 18.6 cm³/mol. The van der Waals surface area contributed by atoms with Crippen molar-refractivity contribution >= 4 is 0 Å². The van der Waals surface area contributed by atoms with E-state index in [1.165, 1.54) is 11.0 Å². The van der Waals surface area contributed by atoms with Crippen molar-refractivity contribution in [3.05, 3.63) is 13.4 Å². The van der Waals surface area contributed by atoms with Gasteiger partial charge in [-0.15, -0.1) is 5.10 Å². The number of tetrazole rings is 1. The summed E-state index contributed by atoms with van der Waals surface area (Å²) in [6, 6.07) is 0. The molecule has 1 radical (unpaired) electrons. The van der Waals surface area contributed by atoms with Crippen LogP contribution in [-0.2, 0) is 0 Å². The molecule has 0 aromatic carbocycles. The molecule has 1 heterocycles. The van der Waals surface area contributed by atoms with Gasteiger partial charge in [-0.05, 0) is 10.4 Å². The van der Waals surface area contributed by atoms with Crippen LogP contribution in [0, 0.1) is 7.05 Å². The van der Waals surface area contributed by atoms with E-state index in [4.69, 9.17) is 0 Å². The van der Waals surface area contributed by atoms with Crippen LogP contribution in [0.25, 0.3) is 0 Å². The van der Waals surface area contributed by atoms with Gasteiger partial charge in [0.15, 0.2) is 0 Å². The molecule has 0 fully saturated rings. The Hall–Kier alpha value is -0.930. The van der Waals surface area contributed by atoms with E-state index in [1.807, 2.05) is 0 Å². The summed E-state index contributed by atoms with van der Waals surface area (Å²) >= 11 is 0. The Morgan fingerprint density at radius 3 is 2.67 bits per heavy atom. The first-order valence-electron chi connectivity index (χ1n) is 1.43. The Balaban J connectivity index is 3.05. The summed E-state index contributed by atoms with van der Waals surface area (Å²) in [4.78, 5) is 0. The van der Waals surface area contributed by atoms with Gasteiger partial charge in [0, 0.05) is 0 Å². The molecule has 0 unspecified atom stereocenters. The molecule has 0 N–H and O–H groups in total. The van der Waals surface area contributed by atoms with Gasteiger partial charge >= 0.3 is 0 Å². The molecule has 0 aliphatic rings. The summed E-state index contributed by atoms with van der Waals surface area (Å²) in [5, 5.41) is 9.94. The molecule has 0 saturated carbocycles. The van der Waals surface area contributed by atoms with Crippen molar-refractivity contribution in [3.8, 4) is 0 Å². The van der Waals surface area contributed by atoms with Gasteiger partial charge in [0.05, 0.1) is 7.05 Å². The van der Waals surface area contributed by atoms with Gasteiger partial charge in [0.25, 0.3) is 0 Å². The van der Waals surface area contributed by atoms with Crippen molar-refractivity contribution in [3.63, 3.8) is 0 Å². The first kappa shape index (κ1) is 3.27. The molecule has 1 aromatic rings. The fourth-order valence-electron chi connectivity index (χ4n) is 0.180. The average molecular weight is 83.1 g/mol. The SMILES string of the molecule is [CH2]n1cnnn1. The number of rotatable bonds is 0. The smallest absolute Gasteiger partial charge is 0.138 e. The second kappa shape index (κ2) is 1.04. The molecule has 31 valence electrons. The minimum absolute atomic E-state index is 1.28. The van der Waals surface area contributed by atoms with Crippen molar-refractivity contribution < 1.29 is 0 Å². The molecule has 1 aromatic heterocycles. The summed E-state index contributed by atoms with van der Waals surface area (Å²) < 4.78 is 1.28. The van der Waals surface area contributed by atoms with Gasteiger partial charge < -0.3 is 0 Å². The molecule has 0 bridgehead atoms. The molecule has 0 aliphatic carbocycles. The minimum Gasteiger partial charge on any atom is -0.231 e. The highest BCUT2D eigenvalue weighted by Gasteiger charge is 1.72. The van der Waals surface area contributed by atoms with Crippen LogP contribution in [0.15, 0.2) is 6.33 Å². The quantitative estimate of drug-likeness (QED) is 0.417. The second-order valence-corrected chi connectivity index (χ2v) is 0.849. The average Bonchev–Trinajstić information content (AvgIpc) is 1.86.